The Hall–Kier alpha value is -2.28. The van der Waals surface area contributed by atoms with E-state index in [4.69, 9.17) is 0 Å². The van der Waals surface area contributed by atoms with Gasteiger partial charge in [0.25, 0.3) is 0 Å². The molecule has 0 aliphatic rings. The number of imidazole rings is 1. The van der Waals surface area contributed by atoms with E-state index >= 15 is 0 Å². The van der Waals surface area contributed by atoms with Crippen LogP contribution >= 0.6 is 0 Å². The molecule has 1 unspecified atom stereocenters. The summed E-state index contributed by atoms with van der Waals surface area (Å²) in [6, 6.07) is 2.91. The number of hydrogen-bond acceptors (Lipinski definition) is 3. The van der Waals surface area contributed by atoms with Crippen molar-refractivity contribution in [2.24, 2.45) is 0 Å². The molecule has 0 aliphatic carbocycles. The highest BCUT2D eigenvalue weighted by atomic mass is 19.1. The van der Waals surface area contributed by atoms with Gasteiger partial charge in [0, 0.05) is 24.0 Å². The third-order valence-corrected chi connectivity index (χ3v) is 3.03. The summed E-state index contributed by atoms with van der Waals surface area (Å²) in [5.74, 6) is -1.93. The molecule has 0 saturated carbocycles. The summed E-state index contributed by atoms with van der Waals surface area (Å²) in [6.45, 7) is 1.20. The van der Waals surface area contributed by atoms with Gasteiger partial charge in [-0.25, -0.2) is 13.8 Å². The van der Waals surface area contributed by atoms with E-state index in [1.165, 1.54) is 19.4 Å². The van der Waals surface area contributed by atoms with Crippen molar-refractivity contribution in [2.75, 3.05) is 6.54 Å². The molecule has 0 saturated heterocycles. The summed E-state index contributed by atoms with van der Waals surface area (Å²) in [6.07, 6.45) is 4.64. The highest BCUT2D eigenvalue weighted by Gasteiger charge is 2.27. The summed E-state index contributed by atoms with van der Waals surface area (Å²) in [5, 5.41) is 12.7. The molecule has 7 heteroatoms. The van der Waals surface area contributed by atoms with Gasteiger partial charge in [-0.15, -0.1) is 0 Å². The van der Waals surface area contributed by atoms with Gasteiger partial charge in [-0.2, -0.15) is 0 Å². The first kappa shape index (κ1) is 15.1. The summed E-state index contributed by atoms with van der Waals surface area (Å²) >= 11 is 0. The van der Waals surface area contributed by atoms with Gasteiger partial charge < -0.3 is 15.0 Å². The van der Waals surface area contributed by atoms with Crippen molar-refractivity contribution in [3.63, 3.8) is 0 Å². The van der Waals surface area contributed by atoms with Gasteiger partial charge in [-0.1, -0.05) is 6.07 Å². The molecule has 0 radical (unpaired) electrons. The van der Waals surface area contributed by atoms with Crippen LogP contribution < -0.4 is 5.32 Å². The molecule has 1 atom stereocenters. The smallest absolute Gasteiger partial charge is 0.240 e. The fraction of sp³-hybridized carbons (Fsp3) is 0.286. The molecular weight excluding hydrogens is 280 g/mol. The van der Waals surface area contributed by atoms with Crippen LogP contribution in [0.1, 0.15) is 12.5 Å². The fourth-order valence-corrected chi connectivity index (χ4v) is 1.89. The van der Waals surface area contributed by atoms with Crippen molar-refractivity contribution in [3.05, 3.63) is 54.1 Å². The molecule has 1 aromatic carbocycles. The van der Waals surface area contributed by atoms with E-state index in [0.29, 0.717) is 6.07 Å². The lowest BCUT2D eigenvalue weighted by molar-refractivity contribution is -0.122. The van der Waals surface area contributed by atoms with Crippen molar-refractivity contribution < 1.29 is 18.7 Å². The second-order valence-electron chi connectivity index (χ2n) is 4.91. The van der Waals surface area contributed by atoms with Crippen LogP contribution in [-0.2, 0) is 16.9 Å². The van der Waals surface area contributed by atoms with Gasteiger partial charge in [0.2, 0.25) is 5.91 Å². The minimum atomic E-state index is -1.64. The van der Waals surface area contributed by atoms with E-state index in [1.807, 2.05) is 0 Å². The zero-order chi connectivity index (χ0) is 15.5. The number of rotatable bonds is 5. The number of carbonyl (C=O) groups is 1. The van der Waals surface area contributed by atoms with E-state index < -0.39 is 17.2 Å². The number of carbonyl (C=O) groups excluding carboxylic acids is 1. The Balaban J connectivity index is 1.98. The molecule has 0 aliphatic heterocycles. The van der Waals surface area contributed by atoms with E-state index in [9.17, 15) is 18.7 Å². The predicted molar refractivity (Wildman–Crippen MR) is 71.2 cm³/mol. The molecule has 21 heavy (non-hydrogen) atoms. The van der Waals surface area contributed by atoms with E-state index in [1.54, 1.807) is 10.8 Å². The minimum Gasteiger partial charge on any atom is -0.383 e. The zero-order valence-electron chi connectivity index (χ0n) is 11.4. The second-order valence-corrected chi connectivity index (χ2v) is 4.91. The predicted octanol–water partition coefficient (Wildman–Crippen LogP) is 1.19. The SMILES string of the molecule is CC(O)(CNC(=O)Cn1ccnc1)c1ccc(F)cc1F. The fourth-order valence-electron chi connectivity index (χ4n) is 1.89. The van der Waals surface area contributed by atoms with Gasteiger partial charge in [0.05, 0.1) is 12.9 Å². The lowest BCUT2D eigenvalue weighted by Crippen LogP contribution is -2.40. The molecule has 2 rings (SSSR count). The largest absolute Gasteiger partial charge is 0.383 e. The number of halogens is 2. The first-order valence-corrected chi connectivity index (χ1v) is 6.29. The summed E-state index contributed by atoms with van der Waals surface area (Å²) in [4.78, 5) is 15.5. The molecule has 0 spiro atoms. The summed E-state index contributed by atoms with van der Waals surface area (Å²) in [7, 11) is 0. The number of benzene rings is 1. The molecule has 5 nitrogen and oxygen atoms in total. The average Bonchev–Trinajstić information content (AvgIpc) is 2.89. The standard InChI is InChI=1S/C14H15F2N3O2/c1-14(21,11-3-2-10(15)6-12(11)16)8-18-13(20)7-19-5-4-17-9-19/h2-6,9,21H,7-8H2,1H3,(H,18,20). The Morgan fingerprint density at radius 3 is 2.86 bits per heavy atom. The normalized spacial score (nSPS) is 13.7. The van der Waals surface area contributed by atoms with Gasteiger partial charge >= 0.3 is 0 Å². The van der Waals surface area contributed by atoms with Crippen LogP contribution in [0.3, 0.4) is 0 Å². The lowest BCUT2D eigenvalue weighted by atomic mass is 9.95. The maximum Gasteiger partial charge on any atom is 0.240 e. The number of aromatic nitrogens is 2. The number of amides is 1. The van der Waals surface area contributed by atoms with Crippen LogP contribution in [0.15, 0.2) is 36.9 Å². The Morgan fingerprint density at radius 2 is 2.24 bits per heavy atom. The molecule has 112 valence electrons. The van der Waals surface area contributed by atoms with Crippen LogP contribution in [0.25, 0.3) is 0 Å². The maximum absolute atomic E-state index is 13.7. The van der Waals surface area contributed by atoms with Gasteiger partial charge in [0.15, 0.2) is 0 Å². The van der Waals surface area contributed by atoms with Crippen LogP contribution in [0, 0.1) is 11.6 Å². The summed E-state index contributed by atoms with van der Waals surface area (Å²) in [5.41, 5.74) is -1.71. The van der Waals surface area contributed by atoms with E-state index in [2.05, 4.69) is 10.3 Å². The number of hydrogen-bond donors (Lipinski definition) is 2. The van der Waals surface area contributed by atoms with Crippen LogP contribution in [-0.4, -0.2) is 27.1 Å². The van der Waals surface area contributed by atoms with Crippen LogP contribution in [0.2, 0.25) is 0 Å². The Bertz CT molecular complexity index is 627. The lowest BCUT2D eigenvalue weighted by Gasteiger charge is -2.24. The third kappa shape index (κ3) is 3.85. The second kappa shape index (κ2) is 6.01. The first-order valence-electron chi connectivity index (χ1n) is 6.29. The van der Waals surface area contributed by atoms with Crippen LogP contribution in [0.5, 0.6) is 0 Å². The molecular formula is C14H15F2N3O2. The van der Waals surface area contributed by atoms with E-state index in [-0.39, 0.29) is 24.6 Å². The van der Waals surface area contributed by atoms with Gasteiger partial charge in [-0.05, 0) is 13.0 Å². The third-order valence-electron chi connectivity index (χ3n) is 3.03. The van der Waals surface area contributed by atoms with Crippen molar-refractivity contribution in [2.45, 2.75) is 19.1 Å². The van der Waals surface area contributed by atoms with E-state index in [0.717, 1.165) is 12.1 Å². The Labute approximate surface area is 120 Å². The summed E-state index contributed by atoms with van der Waals surface area (Å²) < 4.78 is 28.1. The molecule has 1 aromatic heterocycles. The maximum atomic E-state index is 13.7. The molecule has 2 N–H and O–H groups in total. The topological polar surface area (TPSA) is 67.2 Å². The molecule has 2 aromatic rings. The van der Waals surface area contributed by atoms with Crippen molar-refractivity contribution in [3.8, 4) is 0 Å². The van der Waals surface area contributed by atoms with Crippen molar-refractivity contribution in [1.82, 2.24) is 14.9 Å². The monoisotopic (exact) mass is 295 g/mol. The van der Waals surface area contributed by atoms with Gasteiger partial charge in [-0.3, -0.25) is 4.79 Å². The van der Waals surface area contributed by atoms with Gasteiger partial charge in [0.1, 0.15) is 23.8 Å². The highest BCUT2D eigenvalue weighted by Crippen LogP contribution is 2.23. The van der Waals surface area contributed by atoms with Crippen molar-refractivity contribution >= 4 is 5.91 Å². The molecule has 1 amide bonds. The average molecular weight is 295 g/mol. The number of nitrogens with one attached hydrogen (secondary N) is 1. The molecule has 0 bridgehead atoms. The molecule has 0 fully saturated rings. The first-order chi connectivity index (χ1) is 9.88. The van der Waals surface area contributed by atoms with Crippen LogP contribution in [0.4, 0.5) is 8.78 Å². The Kier molecular flexibility index (Phi) is 4.32. The van der Waals surface area contributed by atoms with Crippen molar-refractivity contribution in [1.29, 1.82) is 0 Å². The number of aliphatic hydroxyl groups is 1. The quantitative estimate of drug-likeness (QED) is 0.870. The molecule has 1 heterocycles. The highest BCUT2D eigenvalue weighted by molar-refractivity contribution is 5.75. The number of nitrogens with zero attached hydrogens (tertiary/aromatic N) is 2. The minimum absolute atomic E-state index is 0.0436. The zero-order valence-corrected chi connectivity index (χ0v) is 11.4. The Morgan fingerprint density at radius 1 is 1.48 bits per heavy atom.